The highest BCUT2D eigenvalue weighted by Crippen LogP contribution is 2.35. The molecule has 88 valence electrons. The van der Waals surface area contributed by atoms with Gasteiger partial charge in [-0.15, -0.1) is 0 Å². The van der Waals surface area contributed by atoms with Crippen LogP contribution in [0.5, 0.6) is 0 Å². The maximum atomic E-state index is 12.1. The first-order valence-electron chi connectivity index (χ1n) is 5.24. The summed E-state index contributed by atoms with van der Waals surface area (Å²) in [6.45, 7) is 0. The molecule has 1 N–H and O–H groups in total. The minimum atomic E-state index is -3.14. The molecule has 1 aromatic carbocycles. The molecule has 1 aliphatic rings. The number of hydrogen-bond donors (Lipinski definition) is 1. The number of sulfone groups is 1. The van der Waals surface area contributed by atoms with Gasteiger partial charge in [0.1, 0.15) is 0 Å². The molecular weight excluding hydrogens is 290 g/mol. The highest BCUT2D eigenvalue weighted by molar-refractivity contribution is 9.10. The fraction of sp³-hybridized carbons (Fsp3) is 0.455. The van der Waals surface area contributed by atoms with Crippen LogP contribution in [0.1, 0.15) is 24.4 Å². The van der Waals surface area contributed by atoms with E-state index in [1.165, 1.54) is 0 Å². The van der Waals surface area contributed by atoms with Gasteiger partial charge < -0.3 is 5.32 Å². The third-order valence-electron chi connectivity index (χ3n) is 2.94. The van der Waals surface area contributed by atoms with Crippen molar-refractivity contribution in [3.8, 4) is 0 Å². The number of nitrogens with one attached hydrogen (secondary N) is 1. The van der Waals surface area contributed by atoms with E-state index >= 15 is 0 Å². The highest BCUT2D eigenvalue weighted by Gasteiger charge is 2.28. The molecule has 0 spiro atoms. The van der Waals surface area contributed by atoms with Crippen LogP contribution in [0, 0.1) is 0 Å². The first kappa shape index (κ1) is 12.1. The van der Waals surface area contributed by atoms with E-state index in [-0.39, 0.29) is 11.8 Å². The first-order chi connectivity index (χ1) is 7.56. The molecule has 3 nitrogen and oxygen atoms in total. The summed E-state index contributed by atoms with van der Waals surface area (Å²) in [6, 6.07) is 5.69. The van der Waals surface area contributed by atoms with Gasteiger partial charge in [0.25, 0.3) is 0 Å². The Morgan fingerprint density at radius 2 is 2.19 bits per heavy atom. The van der Waals surface area contributed by atoms with E-state index in [1.54, 1.807) is 6.07 Å². The minimum Gasteiger partial charge on any atom is -0.313 e. The molecule has 1 unspecified atom stereocenters. The Labute approximate surface area is 104 Å². The van der Waals surface area contributed by atoms with E-state index in [4.69, 9.17) is 0 Å². The molecule has 0 fully saturated rings. The zero-order valence-electron chi connectivity index (χ0n) is 9.03. The molecule has 0 saturated heterocycles. The monoisotopic (exact) mass is 303 g/mol. The Bertz CT molecular complexity index is 499. The Kier molecular flexibility index (Phi) is 3.37. The van der Waals surface area contributed by atoms with Gasteiger partial charge in [-0.05, 0) is 47.4 Å². The van der Waals surface area contributed by atoms with Gasteiger partial charge in [-0.1, -0.05) is 12.1 Å². The smallest absolute Gasteiger partial charge is 0.179 e. The Morgan fingerprint density at radius 1 is 1.44 bits per heavy atom. The second kappa shape index (κ2) is 4.47. The largest absolute Gasteiger partial charge is 0.313 e. The standard InChI is InChI=1S/C11H14BrNO2S/c1-13-10-6-3-7-16(14,15)11-8(10)4-2-5-9(11)12/h2,4-5,10,13H,3,6-7H2,1H3. The van der Waals surface area contributed by atoms with E-state index in [0.717, 1.165) is 12.0 Å². The zero-order chi connectivity index (χ0) is 11.8. The SMILES string of the molecule is CNC1CCCS(=O)(=O)c2c(Br)cccc21. The van der Waals surface area contributed by atoms with Crippen molar-refractivity contribution in [1.82, 2.24) is 5.32 Å². The molecule has 0 aromatic heterocycles. The zero-order valence-corrected chi connectivity index (χ0v) is 11.4. The third-order valence-corrected chi connectivity index (χ3v) is 5.77. The van der Waals surface area contributed by atoms with Gasteiger partial charge in [0, 0.05) is 10.5 Å². The Hall–Kier alpha value is -0.390. The fourth-order valence-electron chi connectivity index (χ4n) is 2.16. The van der Waals surface area contributed by atoms with Crippen molar-refractivity contribution < 1.29 is 8.42 Å². The van der Waals surface area contributed by atoms with Crippen LogP contribution < -0.4 is 5.32 Å². The summed E-state index contributed by atoms with van der Waals surface area (Å²) in [7, 11) is -1.27. The van der Waals surface area contributed by atoms with E-state index < -0.39 is 9.84 Å². The first-order valence-corrected chi connectivity index (χ1v) is 7.69. The summed E-state index contributed by atoms with van der Waals surface area (Å²) in [5.74, 6) is 0.237. The van der Waals surface area contributed by atoms with Crippen LogP contribution in [-0.2, 0) is 9.84 Å². The van der Waals surface area contributed by atoms with Gasteiger partial charge in [-0.3, -0.25) is 0 Å². The normalized spacial score (nSPS) is 23.5. The van der Waals surface area contributed by atoms with Crippen LogP contribution >= 0.6 is 15.9 Å². The summed E-state index contributed by atoms with van der Waals surface area (Å²) >= 11 is 3.34. The van der Waals surface area contributed by atoms with Crippen LogP contribution in [-0.4, -0.2) is 21.2 Å². The minimum absolute atomic E-state index is 0.129. The summed E-state index contributed by atoms with van der Waals surface area (Å²) in [6.07, 6.45) is 1.56. The van der Waals surface area contributed by atoms with Crippen molar-refractivity contribution in [2.24, 2.45) is 0 Å². The lowest BCUT2D eigenvalue weighted by Crippen LogP contribution is -2.16. The molecule has 1 aliphatic heterocycles. The number of halogens is 1. The number of fused-ring (bicyclic) bond motifs is 1. The van der Waals surface area contributed by atoms with Crippen molar-refractivity contribution in [3.63, 3.8) is 0 Å². The van der Waals surface area contributed by atoms with Crippen molar-refractivity contribution in [1.29, 1.82) is 0 Å². The average Bonchev–Trinajstić information content (AvgIpc) is 2.35. The van der Waals surface area contributed by atoms with Crippen LogP contribution in [0.25, 0.3) is 0 Å². The van der Waals surface area contributed by atoms with Gasteiger partial charge in [-0.2, -0.15) is 0 Å². The predicted octanol–water partition coefficient (Wildman–Crippen LogP) is 2.28. The Morgan fingerprint density at radius 3 is 2.88 bits per heavy atom. The van der Waals surface area contributed by atoms with Gasteiger partial charge >= 0.3 is 0 Å². The summed E-state index contributed by atoms with van der Waals surface area (Å²) < 4.78 is 24.9. The molecule has 1 heterocycles. The predicted molar refractivity (Wildman–Crippen MR) is 67.2 cm³/mol. The van der Waals surface area contributed by atoms with Gasteiger partial charge in [-0.25, -0.2) is 8.42 Å². The van der Waals surface area contributed by atoms with Crippen molar-refractivity contribution >= 4 is 25.8 Å². The summed E-state index contributed by atoms with van der Waals surface area (Å²) in [5, 5.41) is 3.18. The van der Waals surface area contributed by atoms with Crippen molar-refractivity contribution in [3.05, 3.63) is 28.2 Å². The molecule has 2 rings (SSSR count). The average molecular weight is 304 g/mol. The molecule has 0 aliphatic carbocycles. The van der Waals surface area contributed by atoms with E-state index in [2.05, 4.69) is 21.2 Å². The molecule has 1 atom stereocenters. The molecule has 1 aromatic rings. The maximum Gasteiger partial charge on any atom is 0.179 e. The fourth-order valence-corrected chi connectivity index (χ4v) is 4.97. The van der Waals surface area contributed by atoms with Crippen molar-refractivity contribution in [2.75, 3.05) is 12.8 Å². The summed E-state index contributed by atoms with van der Waals surface area (Å²) in [4.78, 5) is 0.465. The molecule has 16 heavy (non-hydrogen) atoms. The summed E-state index contributed by atoms with van der Waals surface area (Å²) in [5.41, 5.74) is 0.884. The van der Waals surface area contributed by atoms with Crippen molar-refractivity contribution in [2.45, 2.75) is 23.8 Å². The number of rotatable bonds is 1. The molecule has 0 bridgehead atoms. The van der Waals surface area contributed by atoms with Gasteiger partial charge in [0.15, 0.2) is 9.84 Å². The molecule has 0 amide bonds. The van der Waals surface area contributed by atoms with E-state index in [0.29, 0.717) is 15.8 Å². The number of benzene rings is 1. The second-order valence-corrected chi connectivity index (χ2v) is 6.86. The molecule has 0 radical (unpaired) electrons. The lowest BCUT2D eigenvalue weighted by atomic mass is 10.0. The van der Waals surface area contributed by atoms with Crippen LogP contribution in [0.2, 0.25) is 0 Å². The molecule has 0 saturated carbocycles. The Balaban J connectivity index is 2.69. The topological polar surface area (TPSA) is 46.2 Å². The third kappa shape index (κ3) is 2.04. The quantitative estimate of drug-likeness (QED) is 0.866. The van der Waals surface area contributed by atoms with Gasteiger partial charge in [0.2, 0.25) is 0 Å². The van der Waals surface area contributed by atoms with E-state index in [9.17, 15) is 8.42 Å². The second-order valence-electron chi connectivity index (χ2n) is 3.96. The van der Waals surface area contributed by atoms with Crippen LogP contribution in [0.4, 0.5) is 0 Å². The van der Waals surface area contributed by atoms with Crippen LogP contribution in [0.15, 0.2) is 27.6 Å². The lowest BCUT2D eigenvalue weighted by Gasteiger charge is -2.16. The molecular formula is C11H14BrNO2S. The number of hydrogen-bond acceptors (Lipinski definition) is 3. The van der Waals surface area contributed by atoms with E-state index in [1.807, 2.05) is 19.2 Å². The molecule has 5 heteroatoms. The van der Waals surface area contributed by atoms with Crippen LogP contribution in [0.3, 0.4) is 0 Å². The maximum absolute atomic E-state index is 12.1. The highest BCUT2D eigenvalue weighted by atomic mass is 79.9. The van der Waals surface area contributed by atoms with Gasteiger partial charge in [0.05, 0.1) is 10.6 Å². The lowest BCUT2D eigenvalue weighted by molar-refractivity contribution is 0.540.